The summed E-state index contributed by atoms with van der Waals surface area (Å²) in [4.78, 5) is 9.88. The van der Waals surface area contributed by atoms with Crippen LogP contribution in [-0.4, -0.2) is 12.0 Å². The number of hydrogen-bond acceptors (Lipinski definition) is 3. The molecule has 0 aliphatic heterocycles. The van der Waals surface area contributed by atoms with Crippen LogP contribution in [-0.2, 0) is 16.7 Å². The van der Waals surface area contributed by atoms with Crippen molar-refractivity contribution >= 4 is 21.6 Å². The van der Waals surface area contributed by atoms with Gasteiger partial charge in [0, 0.05) is 12.4 Å². The van der Waals surface area contributed by atoms with Crippen LogP contribution in [0.25, 0.3) is 0 Å². The second kappa shape index (κ2) is 5.18. The van der Waals surface area contributed by atoms with Crippen LogP contribution in [0.15, 0.2) is 12.1 Å². The summed E-state index contributed by atoms with van der Waals surface area (Å²) in [5, 5.41) is 11.1. The van der Waals surface area contributed by atoms with E-state index in [2.05, 4.69) is 15.9 Å². The van der Waals surface area contributed by atoms with Crippen molar-refractivity contribution in [2.75, 3.05) is 7.11 Å². The van der Waals surface area contributed by atoms with Crippen LogP contribution in [0.1, 0.15) is 11.1 Å². The van der Waals surface area contributed by atoms with E-state index in [1.807, 2.05) is 0 Å². The normalized spacial score (nSPS) is 10.3. The average molecular weight is 278 g/mol. The first-order valence-corrected chi connectivity index (χ1v) is 5.23. The molecule has 82 valence electrons. The van der Waals surface area contributed by atoms with Crippen molar-refractivity contribution in [1.29, 1.82) is 0 Å². The molecule has 0 radical (unpaired) electrons. The molecule has 0 N–H and O–H groups in total. The molecular formula is C9H9BrFNO3. The van der Waals surface area contributed by atoms with Crippen molar-refractivity contribution in [1.82, 2.24) is 0 Å². The first-order chi connectivity index (χ1) is 7.10. The minimum absolute atomic E-state index is 0.0219. The number of nitrogens with zero attached hydrogens (tertiary/aromatic N) is 1. The average Bonchev–Trinajstić information content (AvgIpc) is 2.16. The van der Waals surface area contributed by atoms with Crippen LogP contribution in [0.3, 0.4) is 0 Å². The maximum absolute atomic E-state index is 13.4. The standard InChI is InChI=1S/C9H9BrFNO3/c1-15-5-7-2-6(4-10)3-8(11)9(7)12(13)14/h2-3H,4-5H2,1H3. The van der Waals surface area contributed by atoms with E-state index < -0.39 is 16.4 Å². The molecule has 0 atom stereocenters. The molecule has 15 heavy (non-hydrogen) atoms. The lowest BCUT2D eigenvalue weighted by molar-refractivity contribution is -0.388. The largest absolute Gasteiger partial charge is 0.380 e. The van der Waals surface area contributed by atoms with Crippen LogP contribution in [0.5, 0.6) is 0 Å². The zero-order valence-electron chi connectivity index (χ0n) is 8.00. The molecule has 0 bridgehead atoms. The lowest BCUT2D eigenvalue weighted by Crippen LogP contribution is -2.01. The minimum Gasteiger partial charge on any atom is -0.380 e. The van der Waals surface area contributed by atoms with Gasteiger partial charge in [-0.3, -0.25) is 10.1 Å². The molecule has 0 saturated carbocycles. The molecule has 0 fully saturated rings. The fourth-order valence-electron chi connectivity index (χ4n) is 1.27. The summed E-state index contributed by atoms with van der Waals surface area (Å²) in [5.41, 5.74) is 0.378. The second-order valence-corrected chi connectivity index (χ2v) is 3.47. The van der Waals surface area contributed by atoms with Gasteiger partial charge in [-0.05, 0) is 17.7 Å². The summed E-state index contributed by atoms with van der Waals surface area (Å²) in [6.45, 7) is 0.0219. The lowest BCUT2D eigenvalue weighted by atomic mass is 10.1. The smallest absolute Gasteiger partial charge is 0.310 e. The van der Waals surface area contributed by atoms with E-state index in [0.29, 0.717) is 10.9 Å². The van der Waals surface area contributed by atoms with Gasteiger partial charge in [-0.25, -0.2) is 0 Å². The quantitative estimate of drug-likeness (QED) is 0.483. The number of benzene rings is 1. The van der Waals surface area contributed by atoms with Gasteiger partial charge in [0.1, 0.15) is 0 Å². The Morgan fingerprint density at radius 2 is 2.27 bits per heavy atom. The number of nitro groups is 1. The highest BCUT2D eigenvalue weighted by atomic mass is 79.9. The van der Waals surface area contributed by atoms with Crippen molar-refractivity contribution in [2.45, 2.75) is 11.9 Å². The van der Waals surface area contributed by atoms with E-state index in [0.717, 1.165) is 6.07 Å². The number of halogens is 2. The van der Waals surface area contributed by atoms with E-state index in [1.54, 1.807) is 6.07 Å². The Hall–Kier alpha value is -1.01. The number of nitro benzene ring substituents is 1. The fourth-order valence-corrected chi connectivity index (χ4v) is 1.59. The number of ether oxygens (including phenoxy) is 1. The predicted molar refractivity (Wildman–Crippen MR) is 56.4 cm³/mol. The minimum atomic E-state index is -0.830. The number of rotatable bonds is 4. The third-order valence-corrected chi connectivity index (χ3v) is 2.49. The maximum atomic E-state index is 13.4. The molecule has 4 nitrogen and oxygen atoms in total. The number of hydrogen-bond donors (Lipinski definition) is 0. The van der Waals surface area contributed by atoms with E-state index in [1.165, 1.54) is 7.11 Å². The summed E-state index contributed by atoms with van der Waals surface area (Å²) in [6, 6.07) is 2.70. The summed E-state index contributed by atoms with van der Waals surface area (Å²) < 4.78 is 18.1. The zero-order valence-corrected chi connectivity index (χ0v) is 9.58. The van der Waals surface area contributed by atoms with E-state index in [4.69, 9.17) is 4.74 Å². The molecule has 0 aliphatic carbocycles. The Labute approximate surface area is 94.3 Å². The van der Waals surface area contributed by atoms with Crippen molar-refractivity contribution < 1.29 is 14.1 Å². The molecule has 0 heterocycles. The van der Waals surface area contributed by atoms with Crippen molar-refractivity contribution in [3.8, 4) is 0 Å². The third kappa shape index (κ3) is 2.73. The van der Waals surface area contributed by atoms with Gasteiger partial charge in [0.2, 0.25) is 5.82 Å². The van der Waals surface area contributed by atoms with Crippen LogP contribution in [0.2, 0.25) is 0 Å². The topological polar surface area (TPSA) is 52.4 Å². The van der Waals surface area contributed by atoms with Gasteiger partial charge < -0.3 is 4.74 Å². The van der Waals surface area contributed by atoms with Gasteiger partial charge in [0.25, 0.3) is 0 Å². The number of methoxy groups -OCH3 is 1. The number of alkyl halides is 1. The molecule has 6 heteroatoms. The Morgan fingerprint density at radius 3 is 2.73 bits per heavy atom. The van der Waals surface area contributed by atoms with Gasteiger partial charge in [0.05, 0.1) is 17.1 Å². The van der Waals surface area contributed by atoms with Gasteiger partial charge >= 0.3 is 5.69 Å². The van der Waals surface area contributed by atoms with Gasteiger partial charge in [-0.2, -0.15) is 4.39 Å². The third-order valence-electron chi connectivity index (χ3n) is 1.84. The van der Waals surface area contributed by atoms with Crippen LogP contribution >= 0.6 is 15.9 Å². The Bertz CT molecular complexity index is 384. The highest BCUT2D eigenvalue weighted by Gasteiger charge is 2.20. The maximum Gasteiger partial charge on any atom is 0.310 e. The molecule has 0 amide bonds. The SMILES string of the molecule is COCc1cc(CBr)cc(F)c1[N+](=O)[O-]. The molecule has 1 aromatic carbocycles. The summed E-state index contributed by atoms with van der Waals surface area (Å²) in [7, 11) is 1.41. The molecule has 0 aliphatic rings. The van der Waals surface area contributed by atoms with Crippen molar-refractivity contribution in [3.63, 3.8) is 0 Å². The molecule has 1 rings (SSSR count). The van der Waals surface area contributed by atoms with Crippen LogP contribution < -0.4 is 0 Å². The summed E-state index contributed by atoms with van der Waals surface area (Å²) in [6.07, 6.45) is 0. The van der Waals surface area contributed by atoms with Gasteiger partial charge in [-0.1, -0.05) is 15.9 Å². The van der Waals surface area contributed by atoms with Crippen molar-refractivity contribution in [2.24, 2.45) is 0 Å². The Balaban J connectivity index is 3.28. The highest BCUT2D eigenvalue weighted by Crippen LogP contribution is 2.26. The van der Waals surface area contributed by atoms with E-state index >= 15 is 0 Å². The van der Waals surface area contributed by atoms with Crippen LogP contribution in [0.4, 0.5) is 10.1 Å². The predicted octanol–water partition coefficient (Wildman–Crippen LogP) is 2.78. The Kier molecular flexibility index (Phi) is 4.16. The summed E-state index contributed by atoms with van der Waals surface area (Å²) in [5.74, 6) is -0.830. The fraction of sp³-hybridized carbons (Fsp3) is 0.333. The first-order valence-electron chi connectivity index (χ1n) is 4.10. The second-order valence-electron chi connectivity index (χ2n) is 2.91. The van der Waals surface area contributed by atoms with E-state index in [-0.39, 0.29) is 12.2 Å². The molecule has 0 saturated heterocycles. The Morgan fingerprint density at radius 1 is 1.60 bits per heavy atom. The van der Waals surface area contributed by atoms with E-state index in [9.17, 15) is 14.5 Å². The monoisotopic (exact) mass is 277 g/mol. The van der Waals surface area contributed by atoms with Gasteiger partial charge in [-0.15, -0.1) is 0 Å². The highest BCUT2D eigenvalue weighted by molar-refractivity contribution is 9.08. The van der Waals surface area contributed by atoms with Gasteiger partial charge in [0.15, 0.2) is 0 Å². The molecule has 0 spiro atoms. The summed E-state index contributed by atoms with van der Waals surface area (Å²) >= 11 is 3.16. The molecule has 1 aromatic rings. The lowest BCUT2D eigenvalue weighted by Gasteiger charge is -2.05. The molecule has 0 unspecified atom stereocenters. The van der Waals surface area contributed by atoms with Crippen LogP contribution in [0, 0.1) is 15.9 Å². The molecular weight excluding hydrogens is 269 g/mol. The zero-order chi connectivity index (χ0) is 11.4. The first kappa shape index (κ1) is 12.1. The van der Waals surface area contributed by atoms with Crippen molar-refractivity contribution in [3.05, 3.63) is 39.2 Å². The molecule has 0 aromatic heterocycles.